The van der Waals surface area contributed by atoms with Gasteiger partial charge in [0.25, 0.3) is 5.91 Å². The van der Waals surface area contributed by atoms with Crippen molar-refractivity contribution in [1.29, 1.82) is 0 Å². The molecule has 0 aliphatic carbocycles. The number of nitrogens with zero attached hydrogens (tertiary/aromatic N) is 4. The second-order valence-electron chi connectivity index (χ2n) is 7.33. The number of hydrogen-bond donors (Lipinski definition) is 3. The molecule has 0 fully saturated rings. The highest BCUT2D eigenvalue weighted by molar-refractivity contribution is 6.04. The van der Waals surface area contributed by atoms with Gasteiger partial charge in [-0.3, -0.25) is 4.79 Å². The number of carbonyl (C=O) groups is 1. The molecule has 32 heavy (non-hydrogen) atoms. The molecule has 4 N–H and O–H groups in total. The van der Waals surface area contributed by atoms with Crippen molar-refractivity contribution in [2.24, 2.45) is 5.73 Å². The van der Waals surface area contributed by atoms with Gasteiger partial charge in [-0.25, -0.2) is 8.96 Å². The first-order valence-corrected chi connectivity index (χ1v) is 10.0. The normalized spacial score (nSPS) is 12.4. The van der Waals surface area contributed by atoms with Gasteiger partial charge >= 0.3 is 6.01 Å². The molecule has 1 amide bonds. The third-order valence-electron chi connectivity index (χ3n) is 5.31. The maximum atomic E-state index is 14.3. The van der Waals surface area contributed by atoms with E-state index in [-0.39, 0.29) is 28.6 Å². The van der Waals surface area contributed by atoms with Crippen LogP contribution in [-0.4, -0.2) is 39.1 Å². The second kappa shape index (κ2) is 7.80. The van der Waals surface area contributed by atoms with E-state index in [4.69, 9.17) is 15.5 Å². The Morgan fingerprint density at radius 2 is 2.06 bits per heavy atom. The van der Waals surface area contributed by atoms with Crippen LogP contribution in [0.3, 0.4) is 0 Å². The number of primary amides is 1. The van der Waals surface area contributed by atoms with Crippen molar-refractivity contribution in [2.45, 2.75) is 13.0 Å². The van der Waals surface area contributed by atoms with Crippen LogP contribution in [0.4, 0.5) is 16.0 Å². The number of nitrogens with two attached hydrogens (primary N) is 1. The standard InChI is InChI=1S/C22H20FN7O2/c1-32-22-27-17-15(18(24)31)9-13(23)10-16(17)30(22)21-28-19-14(7-8-25-19)20(29-21)26-11-12-5-3-2-4-6-12/h2-6,9-10H,7-8,11H2,1H3,(H2,24,31)(H2,25,26,28,29). The molecule has 1 aliphatic rings. The van der Waals surface area contributed by atoms with Crippen molar-refractivity contribution in [3.05, 3.63) is 65.0 Å². The lowest BCUT2D eigenvalue weighted by Crippen LogP contribution is -2.12. The Morgan fingerprint density at radius 1 is 1.25 bits per heavy atom. The maximum absolute atomic E-state index is 14.3. The quantitative estimate of drug-likeness (QED) is 0.428. The number of fused-ring (bicyclic) bond motifs is 2. The van der Waals surface area contributed by atoms with E-state index in [0.717, 1.165) is 30.2 Å². The molecule has 3 heterocycles. The second-order valence-corrected chi connectivity index (χ2v) is 7.33. The molecule has 10 heteroatoms. The summed E-state index contributed by atoms with van der Waals surface area (Å²) >= 11 is 0. The molecule has 2 aromatic heterocycles. The van der Waals surface area contributed by atoms with E-state index in [1.54, 1.807) is 0 Å². The molecular formula is C22H20FN7O2. The summed E-state index contributed by atoms with van der Waals surface area (Å²) in [5.74, 6) is 0.157. The summed E-state index contributed by atoms with van der Waals surface area (Å²) in [6.45, 7) is 1.31. The fourth-order valence-corrected chi connectivity index (χ4v) is 3.83. The summed E-state index contributed by atoms with van der Waals surface area (Å²) in [6.07, 6.45) is 0.773. The van der Waals surface area contributed by atoms with E-state index in [0.29, 0.717) is 18.2 Å². The number of ether oxygens (including phenoxy) is 1. The molecule has 0 saturated carbocycles. The fraction of sp³-hybridized carbons (Fsp3) is 0.182. The van der Waals surface area contributed by atoms with Gasteiger partial charge in [0, 0.05) is 24.7 Å². The van der Waals surface area contributed by atoms with Crippen LogP contribution in [0.15, 0.2) is 42.5 Å². The zero-order chi connectivity index (χ0) is 22.2. The van der Waals surface area contributed by atoms with Crippen LogP contribution >= 0.6 is 0 Å². The highest BCUT2D eigenvalue weighted by Crippen LogP contribution is 2.32. The van der Waals surface area contributed by atoms with Crippen LogP contribution in [0.1, 0.15) is 21.5 Å². The van der Waals surface area contributed by atoms with Gasteiger partial charge in [-0.05, 0) is 18.1 Å². The van der Waals surface area contributed by atoms with E-state index in [9.17, 15) is 9.18 Å². The van der Waals surface area contributed by atoms with Crippen molar-refractivity contribution < 1.29 is 13.9 Å². The van der Waals surface area contributed by atoms with Gasteiger partial charge in [-0.1, -0.05) is 30.3 Å². The lowest BCUT2D eigenvalue weighted by Gasteiger charge is -2.13. The van der Waals surface area contributed by atoms with Crippen LogP contribution in [0.25, 0.3) is 17.0 Å². The van der Waals surface area contributed by atoms with Gasteiger partial charge in [0.05, 0.1) is 18.2 Å². The highest BCUT2D eigenvalue weighted by atomic mass is 19.1. The number of aromatic nitrogens is 4. The SMILES string of the molecule is COc1nc2c(C(N)=O)cc(F)cc2n1-c1nc2c(c(NCc3ccccc3)n1)CCN2. The third-order valence-corrected chi connectivity index (χ3v) is 5.31. The van der Waals surface area contributed by atoms with Crippen LogP contribution in [0.2, 0.25) is 0 Å². The smallest absolute Gasteiger partial charge is 0.304 e. The number of carbonyl (C=O) groups excluding carboxylic acids is 1. The number of halogens is 1. The molecule has 0 saturated heterocycles. The average Bonchev–Trinajstić information content (AvgIpc) is 3.41. The molecule has 0 spiro atoms. The summed E-state index contributed by atoms with van der Waals surface area (Å²) < 4.78 is 21.2. The van der Waals surface area contributed by atoms with Gasteiger partial charge in [-0.2, -0.15) is 15.0 Å². The topological polar surface area (TPSA) is 120 Å². The zero-order valence-electron chi connectivity index (χ0n) is 17.2. The molecule has 5 rings (SSSR count). The first-order chi connectivity index (χ1) is 15.5. The minimum atomic E-state index is -0.788. The van der Waals surface area contributed by atoms with Gasteiger partial charge in [0.15, 0.2) is 0 Å². The van der Waals surface area contributed by atoms with E-state index >= 15 is 0 Å². The van der Waals surface area contributed by atoms with E-state index in [2.05, 4.69) is 20.6 Å². The molecule has 9 nitrogen and oxygen atoms in total. The Bertz CT molecular complexity index is 1340. The van der Waals surface area contributed by atoms with E-state index in [1.165, 1.54) is 17.7 Å². The highest BCUT2D eigenvalue weighted by Gasteiger charge is 2.25. The molecule has 1 aliphatic heterocycles. The summed E-state index contributed by atoms with van der Waals surface area (Å²) in [5, 5.41) is 6.63. The molecule has 2 aromatic carbocycles. The summed E-state index contributed by atoms with van der Waals surface area (Å²) in [7, 11) is 1.43. The first kappa shape index (κ1) is 19.7. The molecule has 0 radical (unpaired) electrons. The maximum Gasteiger partial charge on any atom is 0.304 e. The number of nitrogens with one attached hydrogen (secondary N) is 2. The number of anilines is 2. The Hall–Kier alpha value is -4.21. The largest absolute Gasteiger partial charge is 0.468 e. The van der Waals surface area contributed by atoms with Crippen LogP contribution < -0.4 is 21.1 Å². The number of benzene rings is 2. The van der Waals surface area contributed by atoms with E-state index < -0.39 is 11.7 Å². The number of amides is 1. The molecular weight excluding hydrogens is 413 g/mol. The number of rotatable bonds is 6. The van der Waals surface area contributed by atoms with Crippen molar-refractivity contribution in [2.75, 3.05) is 24.3 Å². The molecule has 0 atom stereocenters. The summed E-state index contributed by atoms with van der Waals surface area (Å²) in [6, 6.07) is 12.4. The Balaban J connectivity index is 1.66. The summed E-state index contributed by atoms with van der Waals surface area (Å²) in [5.41, 5.74) is 7.96. The predicted molar refractivity (Wildman–Crippen MR) is 118 cm³/mol. The number of methoxy groups -OCH3 is 1. The molecule has 0 unspecified atom stereocenters. The van der Waals surface area contributed by atoms with Crippen LogP contribution in [0.5, 0.6) is 6.01 Å². The lowest BCUT2D eigenvalue weighted by atomic mass is 10.1. The van der Waals surface area contributed by atoms with Crippen molar-refractivity contribution in [1.82, 2.24) is 19.5 Å². The lowest BCUT2D eigenvalue weighted by molar-refractivity contribution is 0.100. The van der Waals surface area contributed by atoms with Crippen molar-refractivity contribution >= 4 is 28.6 Å². The van der Waals surface area contributed by atoms with Gasteiger partial charge < -0.3 is 21.1 Å². The number of imidazole rings is 1. The first-order valence-electron chi connectivity index (χ1n) is 10.0. The third kappa shape index (κ3) is 3.35. The van der Waals surface area contributed by atoms with Gasteiger partial charge in [0.2, 0.25) is 5.95 Å². The van der Waals surface area contributed by atoms with Gasteiger partial charge in [0.1, 0.15) is 23.0 Å². The minimum Gasteiger partial charge on any atom is -0.468 e. The Kier molecular flexibility index (Phi) is 4.81. The number of hydrogen-bond acceptors (Lipinski definition) is 7. The van der Waals surface area contributed by atoms with Crippen LogP contribution in [-0.2, 0) is 13.0 Å². The molecule has 162 valence electrons. The van der Waals surface area contributed by atoms with Crippen molar-refractivity contribution in [3.8, 4) is 12.0 Å². The Morgan fingerprint density at radius 3 is 2.81 bits per heavy atom. The minimum absolute atomic E-state index is 0.0428. The average molecular weight is 433 g/mol. The molecule has 0 bridgehead atoms. The molecule has 4 aromatic rings. The van der Waals surface area contributed by atoms with Crippen LogP contribution in [0, 0.1) is 5.82 Å². The van der Waals surface area contributed by atoms with E-state index in [1.807, 2.05) is 30.3 Å². The fourth-order valence-electron chi connectivity index (χ4n) is 3.83. The summed E-state index contributed by atoms with van der Waals surface area (Å²) in [4.78, 5) is 25.5. The van der Waals surface area contributed by atoms with Crippen molar-refractivity contribution in [3.63, 3.8) is 0 Å². The predicted octanol–water partition coefficient (Wildman–Crippen LogP) is 2.64. The Labute approximate surface area is 182 Å². The van der Waals surface area contributed by atoms with Gasteiger partial charge in [-0.15, -0.1) is 0 Å². The zero-order valence-corrected chi connectivity index (χ0v) is 17.2. The monoisotopic (exact) mass is 433 g/mol.